The lowest BCUT2D eigenvalue weighted by atomic mass is 9.73. The van der Waals surface area contributed by atoms with Gasteiger partial charge in [-0.25, -0.2) is 15.0 Å². The molecule has 2 aromatic heterocycles. The van der Waals surface area contributed by atoms with Gasteiger partial charge < -0.3 is 22.1 Å². The van der Waals surface area contributed by atoms with E-state index in [0.29, 0.717) is 18.0 Å². The summed E-state index contributed by atoms with van der Waals surface area (Å²) in [6.07, 6.45) is 4.19. The van der Waals surface area contributed by atoms with Crippen LogP contribution in [0.4, 0.5) is 21.8 Å². The molecule has 10 heteroatoms. The smallest absolute Gasteiger partial charge is 0.257 e. The highest BCUT2D eigenvalue weighted by atomic mass is 35.5. The number of rotatable bonds is 3. The zero-order chi connectivity index (χ0) is 22.5. The van der Waals surface area contributed by atoms with E-state index in [1.54, 1.807) is 6.07 Å². The van der Waals surface area contributed by atoms with Crippen LogP contribution in [-0.4, -0.2) is 28.0 Å². The number of fused-ring (bicyclic) bond motifs is 1. The highest BCUT2D eigenvalue weighted by Crippen LogP contribution is 2.51. The third-order valence-corrected chi connectivity index (χ3v) is 8.13. The summed E-state index contributed by atoms with van der Waals surface area (Å²) in [5.74, 6) is -0.154. The van der Waals surface area contributed by atoms with Gasteiger partial charge in [-0.3, -0.25) is 0 Å². The van der Waals surface area contributed by atoms with Crippen molar-refractivity contribution in [1.29, 1.82) is 0 Å². The summed E-state index contributed by atoms with van der Waals surface area (Å²) in [6, 6.07) is 10.0. The van der Waals surface area contributed by atoms with Gasteiger partial charge in [-0.05, 0) is 41.9 Å². The highest BCUT2D eigenvalue weighted by molar-refractivity contribution is 7.99. The van der Waals surface area contributed by atoms with Crippen molar-refractivity contribution in [2.45, 2.75) is 35.2 Å². The predicted octanol–water partition coefficient (Wildman–Crippen LogP) is 3.82. The third-order valence-electron chi connectivity index (χ3n) is 6.57. The Morgan fingerprint density at radius 1 is 1.09 bits per heavy atom. The molecular weight excluding hydrogens is 449 g/mol. The van der Waals surface area contributed by atoms with Gasteiger partial charge >= 0.3 is 0 Å². The van der Waals surface area contributed by atoms with E-state index in [9.17, 15) is 4.39 Å². The number of benzene rings is 1. The summed E-state index contributed by atoms with van der Waals surface area (Å²) < 4.78 is 15.0. The Bertz CT molecular complexity index is 1180. The molecule has 0 amide bonds. The second-order valence-electron chi connectivity index (χ2n) is 8.34. The maximum absolute atomic E-state index is 15.0. The highest BCUT2D eigenvalue weighted by Gasteiger charge is 2.46. The quantitative estimate of drug-likeness (QED) is 0.527. The minimum Gasteiger partial charge on any atom is -0.382 e. The normalized spacial score (nSPS) is 19.3. The number of piperidine rings is 1. The van der Waals surface area contributed by atoms with E-state index >= 15 is 0 Å². The molecule has 2 aliphatic rings. The maximum atomic E-state index is 15.0. The average molecular weight is 472 g/mol. The third kappa shape index (κ3) is 3.54. The fraction of sp³-hybridized carbons (Fsp3) is 0.318. The summed E-state index contributed by atoms with van der Waals surface area (Å²) in [5, 5.41) is 0.513. The molecule has 1 spiro atoms. The van der Waals surface area contributed by atoms with Crippen LogP contribution in [0, 0.1) is 11.4 Å². The van der Waals surface area contributed by atoms with Crippen LogP contribution in [0.25, 0.3) is 0 Å². The van der Waals surface area contributed by atoms with Crippen LogP contribution in [0.15, 0.2) is 46.5 Å². The Balaban J connectivity index is 1.34. The predicted molar refractivity (Wildman–Crippen MR) is 125 cm³/mol. The van der Waals surface area contributed by atoms with Crippen molar-refractivity contribution in [1.82, 2.24) is 15.0 Å². The van der Waals surface area contributed by atoms with Crippen LogP contribution < -0.4 is 22.1 Å². The van der Waals surface area contributed by atoms with E-state index in [2.05, 4.69) is 33.2 Å². The Kier molecular flexibility index (Phi) is 5.35. The molecule has 1 saturated heterocycles. The van der Waals surface area contributed by atoms with Gasteiger partial charge in [-0.15, -0.1) is 0 Å². The largest absolute Gasteiger partial charge is 0.382 e. The van der Waals surface area contributed by atoms with E-state index in [1.165, 1.54) is 17.3 Å². The standard InChI is InChI=1S/C22H23ClFN7S/c23-15-14(5-8-28-18(15)26)32-21-19(27)30-20(17(24)29-21)31-9-6-22(7-10-31)11-12-3-1-2-4-13(12)16(22)25/h1-5,8,16H,6-7,9-11,25H2,(H2,26,28)(H2,27,30). The zero-order valence-electron chi connectivity index (χ0n) is 17.3. The summed E-state index contributed by atoms with van der Waals surface area (Å²) in [6.45, 7) is 1.29. The first-order chi connectivity index (χ1) is 15.4. The molecule has 1 aliphatic carbocycles. The van der Waals surface area contributed by atoms with Crippen molar-refractivity contribution in [3.8, 4) is 0 Å². The van der Waals surface area contributed by atoms with Crippen molar-refractivity contribution in [3.05, 3.63) is 58.6 Å². The molecule has 1 aromatic carbocycles. The second kappa shape index (κ2) is 8.06. The van der Waals surface area contributed by atoms with Crippen LogP contribution in [0.5, 0.6) is 0 Å². The van der Waals surface area contributed by atoms with Gasteiger partial charge in [0, 0.05) is 30.2 Å². The summed E-state index contributed by atoms with van der Waals surface area (Å²) in [7, 11) is 0. The second-order valence-corrected chi connectivity index (χ2v) is 9.75. The molecule has 6 N–H and O–H groups in total. The van der Waals surface area contributed by atoms with Crippen LogP contribution in [0.1, 0.15) is 30.0 Å². The summed E-state index contributed by atoms with van der Waals surface area (Å²) >= 11 is 7.29. The molecular formula is C22H23ClFN7S. The summed E-state index contributed by atoms with van der Waals surface area (Å²) in [4.78, 5) is 14.8. The van der Waals surface area contributed by atoms with Crippen molar-refractivity contribution >= 4 is 40.8 Å². The zero-order valence-corrected chi connectivity index (χ0v) is 18.8. The Morgan fingerprint density at radius 2 is 1.84 bits per heavy atom. The van der Waals surface area contributed by atoms with Crippen LogP contribution in [0.3, 0.4) is 0 Å². The molecule has 32 heavy (non-hydrogen) atoms. The average Bonchev–Trinajstić information content (AvgIpc) is 3.06. The van der Waals surface area contributed by atoms with Gasteiger partial charge in [0.05, 0.1) is 5.02 Å². The first-order valence-electron chi connectivity index (χ1n) is 10.4. The van der Waals surface area contributed by atoms with Gasteiger partial charge in [-0.1, -0.05) is 47.6 Å². The molecule has 3 heterocycles. The van der Waals surface area contributed by atoms with E-state index in [-0.39, 0.29) is 39.0 Å². The van der Waals surface area contributed by atoms with Crippen LogP contribution >= 0.6 is 23.4 Å². The van der Waals surface area contributed by atoms with Gasteiger partial charge in [0.15, 0.2) is 11.6 Å². The molecule has 3 aromatic rings. The minimum atomic E-state index is -0.658. The molecule has 1 aliphatic heterocycles. The lowest BCUT2D eigenvalue weighted by Gasteiger charge is -2.42. The Hall–Kier alpha value is -2.62. The number of nitrogen functional groups attached to an aromatic ring is 2. The molecule has 7 nitrogen and oxygen atoms in total. The van der Waals surface area contributed by atoms with Gasteiger partial charge in [0.1, 0.15) is 10.8 Å². The number of hydrogen-bond acceptors (Lipinski definition) is 8. The fourth-order valence-corrected chi connectivity index (χ4v) is 5.81. The van der Waals surface area contributed by atoms with E-state index in [0.717, 1.165) is 31.0 Å². The summed E-state index contributed by atoms with van der Waals surface area (Å²) in [5.41, 5.74) is 21.1. The molecule has 0 saturated carbocycles. The van der Waals surface area contributed by atoms with Crippen molar-refractivity contribution < 1.29 is 4.39 Å². The number of halogens is 2. The Labute approximate surface area is 194 Å². The number of aromatic nitrogens is 3. The van der Waals surface area contributed by atoms with E-state index < -0.39 is 5.95 Å². The maximum Gasteiger partial charge on any atom is 0.257 e. The lowest BCUT2D eigenvalue weighted by molar-refractivity contribution is 0.186. The van der Waals surface area contributed by atoms with Crippen LogP contribution in [0.2, 0.25) is 5.02 Å². The molecule has 0 bridgehead atoms. The first-order valence-corrected chi connectivity index (χ1v) is 11.6. The molecule has 5 rings (SSSR count). The molecule has 166 valence electrons. The number of pyridine rings is 1. The molecule has 1 unspecified atom stereocenters. The lowest BCUT2D eigenvalue weighted by Crippen LogP contribution is -2.45. The molecule has 1 atom stereocenters. The van der Waals surface area contributed by atoms with Crippen molar-refractivity contribution in [2.75, 3.05) is 29.5 Å². The number of nitrogens with zero attached hydrogens (tertiary/aromatic N) is 4. The Morgan fingerprint density at radius 3 is 2.59 bits per heavy atom. The van der Waals surface area contributed by atoms with E-state index in [4.69, 9.17) is 28.8 Å². The number of nitrogens with two attached hydrogens (primary N) is 3. The minimum absolute atomic E-state index is 0.00169. The van der Waals surface area contributed by atoms with Crippen molar-refractivity contribution in [3.63, 3.8) is 0 Å². The number of anilines is 3. The first kappa shape index (κ1) is 21.2. The number of hydrogen-bond donors (Lipinski definition) is 3. The van der Waals surface area contributed by atoms with E-state index in [1.807, 2.05) is 11.0 Å². The van der Waals surface area contributed by atoms with Gasteiger partial charge in [-0.2, -0.15) is 4.39 Å². The van der Waals surface area contributed by atoms with Gasteiger partial charge in [0.2, 0.25) is 0 Å². The monoisotopic (exact) mass is 471 g/mol. The topological polar surface area (TPSA) is 120 Å². The van der Waals surface area contributed by atoms with Crippen molar-refractivity contribution in [2.24, 2.45) is 11.1 Å². The van der Waals surface area contributed by atoms with Crippen LogP contribution in [-0.2, 0) is 6.42 Å². The fourth-order valence-electron chi connectivity index (χ4n) is 4.77. The van der Waals surface area contributed by atoms with Gasteiger partial charge in [0.25, 0.3) is 5.95 Å². The molecule has 0 radical (unpaired) electrons. The molecule has 1 fully saturated rings. The SMILES string of the molecule is Nc1nc(N2CCC3(CC2)Cc2ccccc2C3N)c(F)nc1Sc1ccnc(N)c1Cl.